The molecule has 0 aromatic heterocycles. The molecule has 0 heterocycles. The van der Waals surface area contributed by atoms with E-state index in [9.17, 15) is 3.74 Å². The summed E-state index contributed by atoms with van der Waals surface area (Å²) >= 11 is -4.48. The van der Waals surface area contributed by atoms with Crippen LogP contribution in [0, 0.1) is 0 Å². The molecular weight excluding hydrogens is 239 g/mol. The van der Waals surface area contributed by atoms with Crippen LogP contribution in [-0.4, -0.2) is 21.2 Å². The molecule has 66 valence electrons. The molecule has 12 heavy (non-hydrogen) atoms. The Kier molecular flexibility index (Phi) is 3.47. The van der Waals surface area contributed by atoms with Crippen molar-refractivity contribution in [2.24, 2.45) is 0 Å². The summed E-state index contributed by atoms with van der Waals surface area (Å²) in [6.45, 7) is 0. The summed E-state index contributed by atoms with van der Waals surface area (Å²) in [7, 11) is 0.714. The van der Waals surface area contributed by atoms with Gasteiger partial charge in [0.15, 0.2) is 0 Å². The van der Waals surface area contributed by atoms with Crippen molar-refractivity contribution in [2.45, 2.75) is 5.75 Å². The molecular formula is C7H9AsO3S. The minimum absolute atomic E-state index is 0.379. The van der Waals surface area contributed by atoms with Gasteiger partial charge in [-0.1, -0.05) is 0 Å². The van der Waals surface area contributed by atoms with Crippen LogP contribution in [0.5, 0.6) is 0 Å². The first-order valence-corrected chi connectivity index (χ1v) is 9.00. The van der Waals surface area contributed by atoms with Gasteiger partial charge in [-0.3, -0.25) is 0 Å². The van der Waals surface area contributed by atoms with Crippen molar-refractivity contribution in [1.82, 2.24) is 0 Å². The van der Waals surface area contributed by atoms with Crippen molar-refractivity contribution in [3.8, 4) is 0 Å². The van der Waals surface area contributed by atoms with Gasteiger partial charge in [-0.2, -0.15) is 0 Å². The molecule has 0 saturated heterocycles. The van der Waals surface area contributed by atoms with Crippen LogP contribution in [0.15, 0.2) is 30.3 Å². The van der Waals surface area contributed by atoms with Crippen LogP contribution in [0.2, 0.25) is 0 Å². The number of rotatable bonds is 3. The van der Waals surface area contributed by atoms with Crippen LogP contribution >= 0.6 is 10.0 Å². The third-order valence-corrected chi connectivity index (χ3v) is 4.97. The van der Waals surface area contributed by atoms with E-state index in [0.29, 0.717) is 15.8 Å². The van der Waals surface area contributed by atoms with Crippen LogP contribution in [0.25, 0.3) is 0 Å². The van der Waals surface area contributed by atoms with Crippen LogP contribution in [0.3, 0.4) is 0 Å². The molecule has 5 heteroatoms. The molecule has 0 aliphatic carbocycles. The Bertz CT molecular complexity index is 282. The van der Waals surface area contributed by atoms with Gasteiger partial charge < -0.3 is 0 Å². The summed E-state index contributed by atoms with van der Waals surface area (Å²) in [5, 5.41) is 0. The van der Waals surface area contributed by atoms with Gasteiger partial charge in [-0.15, -0.1) is 0 Å². The third kappa shape index (κ3) is 4.02. The van der Waals surface area contributed by atoms with E-state index in [-0.39, 0.29) is 0 Å². The molecule has 0 saturated carbocycles. The summed E-state index contributed by atoms with van der Waals surface area (Å²) in [5.41, 5.74) is 0.937. The zero-order valence-corrected chi connectivity index (χ0v) is 8.95. The molecule has 0 amide bonds. The Morgan fingerprint density at radius 2 is 1.83 bits per heavy atom. The summed E-state index contributed by atoms with van der Waals surface area (Å²) in [4.78, 5) is 0. The number of hydrogen-bond donors (Lipinski definition) is 2. The predicted octanol–water partition coefficient (Wildman–Crippen LogP) is 0.770. The monoisotopic (exact) mass is 248 g/mol. The van der Waals surface area contributed by atoms with E-state index in [1.807, 2.05) is 30.3 Å². The quantitative estimate of drug-likeness (QED) is 0.776. The second-order valence-corrected chi connectivity index (χ2v) is 8.95. The van der Waals surface area contributed by atoms with Crippen molar-refractivity contribution in [3.05, 3.63) is 35.9 Å². The molecule has 1 rings (SSSR count). The molecule has 0 aliphatic heterocycles. The van der Waals surface area contributed by atoms with E-state index >= 15 is 0 Å². The van der Waals surface area contributed by atoms with E-state index in [2.05, 4.69) is 0 Å². The third-order valence-electron chi connectivity index (χ3n) is 1.24. The van der Waals surface area contributed by atoms with Crippen molar-refractivity contribution in [2.75, 3.05) is 0 Å². The average molecular weight is 248 g/mol. The molecule has 0 fully saturated rings. The molecule has 0 atom stereocenters. The predicted molar refractivity (Wildman–Crippen MR) is 48.6 cm³/mol. The Labute approximate surface area is 76.8 Å². The summed E-state index contributed by atoms with van der Waals surface area (Å²) in [6.07, 6.45) is 0. The maximum absolute atomic E-state index is 10.5. The Morgan fingerprint density at radius 3 is 2.33 bits per heavy atom. The molecule has 0 unspecified atom stereocenters. The van der Waals surface area contributed by atoms with Crippen LogP contribution < -0.4 is 0 Å². The van der Waals surface area contributed by atoms with Crippen LogP contribution in [0.4, 0.5) is 0 Å². The SMILES string of the molecule is O=[As](O)(O)SCc1ccccc1. The number of benzene rings is 1. The Hall–Kier alpha value is -0.152. The first-order valence-electron chi connectivity index (χ1n) is 3.32. The fraction of sp³-hybridized carbons (Fsp3) is 0.143. The van der Waals surface area contributed by atoms with E-state index in [1.54, 1.807) is 0 Å². The molecule has 0 bridgehead atoms. The van der Waals surface area contributed by atoms with Crippen molar-refractivity contribution in [3.63, 3.8) is 0 Å². The van der Waals surface area contributed by atoms with Crippen molar-refractivity contribution < 1.29 is 11.9 Å². The van der Waals surface area contributed by atoms with Gasteiger partial charge in [-0.25, -0.2) is 0 Å². The first kappa shape index (κ1) is 9.93. The maximum atomic E-state index is 10.5. The van der Waals surface area contributed by atoms with Crippen molar-refractivity contribution >= 4 is 23.0 Å². The molecule has 0 aliphatic rings. The fourth-order valence-corrected chi connectivity index (χ4v) is 3.24. The Balaban J connectivity index is 2.50. The molecule has 0 spiro atoms. The second-order valence-electron chi connectivity index (χ2n) is 2.25. The van der Waals surface area contributed by atoms with Gasteiger partial charge in [0.05, 0.1) is 0 Å². The van der Waals surface area contributed by atoms with E-state index < -0.39 is 13.0 Å². The van der Waals surface area contributed by atoms with Gasteiger partial charge in [-0.05, 0) is 0 Å². The van der Waals surface area contributed by atoms with Gasteiger partial charge in [0.1, 0.15) is 0 Å². The van der Waals surface area contributed by atoms with Crippen LogP contribution in [0.1, 0.15) is 5.56 Å². The number of hydrogen-bond acceptors (Lipinski definition) is 2. The molecule has 1 aromatic carbocycles. The summed E-state index contributed by atoms with van der Waals surface area (Å²) < 4.78 is 27.8. The molecule has 1 aromatic rings. The minimum atomic E-state index is -4.48. The fourth-order valence-electron chi connectivity index (χ4n) is 0.733. The summed E-state index contributed by atoms with van der Waals surface area (Å²) in [5.74, 6) is 0.379. The second kappa shape index (κ2) is 4.19. The van der Waals surface area contributed by atoms with Gasteiger partial charge >= 0.3 is 76.6 Å². The molecule has 3 nitrogen and oxygen atoms in total. The average Bonchev–Trinajstić information content (AvgIpc) is 2.02. The van der Waals surface area contributed by atoms with Gasteiger partial charge in [0.25, 0.3) is 0 Å². The standard InChI is InChI=1S/C7H9AsO3S/c9-8(10,11)12-6-7-4-2-1-3-5-7/h1-5H,6H2,(H2,9,10,11). The van der Waals surface area contributed by atoms with E-state index in [1.165, 1.54) is 0 Å². The molecule has 2 N–H and O–H groups in total. The van der Waals surface area contributed by atoms with E-state index in [0.717, 1.165) is 5.56 Å². The zero-order chi connectivity index (χ0) is 9.03. The van der Waals surface area contributed by atoms with Gasteiger partial charge in [0, 0.05) is 0 Å². The molecule has 0 radical (unpaired) electrons. The van der Waals surface area contributed by atoms with Gasteiger partial charge in [0.2, 0.25) is 0 Å². The Morgan fingerprint density at radius 1 is 1.25 bits per heavy atom. The summed E-state index contributed by atoms with van der Waals surface area (Å²) in [6, 6.07) is 9.26. The zero-order valence-electron chi connectivity index (χ0n) is 6.25. The topological polar surface area (TPSA) is 57.5 Å². The normalized spacial score (nSPS) is 11.5. The van der Waals surface area contributed by atoms with E-state index in [4.69, 9.17) is 8.19 Å². The van der Waals surface area contributed by atoms with Crippen LogP contribution in [-0.2, 0) is 9.49 Å². The van der Waals surface area contributed by atoms with Crippen molar-refractivity contribution in [1.29, 1.82) is 0 Å². The first-order chi connectivity index (χ1) is 5.58.